The summed E-state index contributed by atoms with van der Waals surface area (Å²) in [5, 5.41) is 12.7. The van der Waals surface area contributed by atoms with Crippen LogP contribution in [0.2, 0.25) is 10.0 Å². The number of halogens is 2. The van der Waals surface area contributed by atoms with E-state index in [4.69, 9.17) is 34.1 Å². The van der Waals surface area contributed by atoms with Gasteiger partial charge >= 0.3 is 0 Å². The van der Waals surface area contributed by atoms with Crippen molar-refractivity contribution >= 4 is 40.8 Å². The smallest absolute Gasteiger partial charge is 0.170 e. The number of hydrogen-bond acceptors (Lipinski definition) is 3. The zero-order chi connectivity index (χ0) is 13.8. The highest BCUT2D eigenvalue weighted by atomic mass is 35.5. The van der Waals surface area contributed by atoms with E-state index >= 15 is 0 Å². The average molecular weight is 313 g/mol. The first-order chi connectivity index (χ1) is 9.11. The van der Waals surface area contributed by atoms with Crippen LogP contribution in [0, 0.1) is 0 Å². The van der Waals surface area contributed by atoms with Crippen LogP contribution in [-0.2, 0) is 0 Å². The average Bonchev–Trinajstić information content (AvgIpc) is 2.42. The Balaban J connectivity index is 2.30. The highest BCUT2D eigenvalue weighted by Gasteiger charge is 2.08. The molecule has 0 saturated carbocycles. The minimum Gasteiger partial charge on any atom is -0.409 e. The SMILES string of the molecule is NC(=NO)c1ccc(Sc2ccccc2Cl)c(Cl)c1. The quantitative estimate of drug-likeness (QED) is 0.386. The fourth-order valence-electron chi connectivity index (χ4n) is 1.45. The van der Waals surface area contributed by atoms with Gasteiger partial charge in [-0.1, -0.05) is 52.3 Å². The van der Waals surface area contributed by atoms with Crippen molar-refractivity contribution in [1.29, 1.82) is 0 Å². The van der Waals surface area contributed by atoms with Gasteiger partial charge in [0.2, 0.25) is 0 Å². The third-order valence-corrected chi connectivity index (χ3v) is 4.41. The van der Waals surface area contributed by atoms with Gasteiger partial charge in [0.15, 0.2) is 5.84 Å². The molecule has 0 amide bonds. The summed E-state index contributed by atoms with van der Waals surface area (Å²) in [7, 11) is 0. The molecule has 0 unspecified atom stereocenters. The Hall–Kier alpha value is -1.36. The van der Waals surface area contributed by atoms with Crippen molar-refractivity contribution in [2.45, 2.75) is 9.79 Å². The summed E-state index contributed by atoms with van der Waals surface area (Å²) < 4.78 is 0. The van der Waals surface area contributed by atoms with Crippen LogP contribution in [0.5, 0.6) is 0 Å². The topological polar surface area (TPSA) is 58.6 Å². The maximum absolute atomic E-state index is 8.62. The lowest BCUT2D eigenvalue weighted by molar-refractivity contribution is 0.318. The maximum atomic E-state index is 8.62. The molecule has 3 N–H and O–H groups in total. The van der Waals surface area contributed by atoms with Gasteiger partial charge in [0.1, 0.15) is 0 Å². The molecule has 0 atom stereocenters. The number of nitrogens with two attached hydrogens (primary N) is 1. The van der Waals surface area contributed by atoms with Crippen molar-refractivity contribution in [2.24, 2.45) is 10.9 Å². The van der Waals surface area contributed by atoms with Gasteiger partial charge < -0.3 is 10.9 Å². The van der Waals surface area contributed by atoms with Crippen LogP contribution in [0.4, 0.5) is 0 Å². The van der Waals surface area contributed by atoms with E-state index in [9.17, 15) is 0 Å². The summed E-state index contributed by atoms with van der Waals surface area (Å²) in [5.74, 6) is 0.0243. The molecule has 19 heavy (non-hydrogen) atoms. The predicted octanol–water partition coefficient (Wildman–Crippen LogP) is 4.24. The van der Waals surface area contributed by atoms with E-state index in [1.54, 1.807) is 12.1 Å². The number of amidine groups is 1. The van der Waals surface area contributed by atoms with Gasteiger partial charge in [-0.25, -0.2) is 0 Å². The molecular formula is C13H10Cl2N2OS. The number of oxime groups is 1. The highest BCUT2D eigenvalue weighted by Crippen LogP contribution is 2.37. The molecule has 0 aliphatic rings. The van der Waals surface area contributed by atoms with Gasteiger partial charge in [0.25, 0.3) is 0 Å². The van der Waals surface area contributed by atoms with Crippen molar-refractivity contribution in [3.05, 3.63) is 58.1 Å². The minimum absolute atomic E-state index is 0.0243. The second-order valence-electron chi connectivity index (χ2n) is 3.66. The second kappa shape index (κ2) is 6.19. The molecule has 2 rings (SSSR count). The summed E-state index contributed by atoms with van der Waals surface area (Å²) in [6.07, 6.45) is 0. The Bertz CT molecular complexity index is 632. The van der Waals surface area contributed by atoms with Crippen molar-refractivity contribution in [1.82, 2.24) is 0 Å². The van der Waals surface area contributed by atoms with E-state index in [0.29, 0.717) is 15.6 Å². The standard InChI is InChI=1S/C13H10Cl2N2OS/c14-9-3-1-2-4-11(9)19-12-6-5-8(7-10(12)15)13(16)17-18/h1-7,18H,(H2,16,17). The molecule has 98 valence electrons. The van der Waals surface area contributed by atoms with Crippen LogP contribution in [-0.4, -0.2) is 11.0 Å². The molecule has 0 aliphatic heterocycles. The zero-order valence-electron chi connectivity index (χ0n) is 9.68. The fraction of sp³-hybridized carbons (Fsp3) is 0. The lowest BCUT2D eigenvalue weighted by atomic mass is 10.2. The van der Waals surface area contributed by atoms with Gasteiger partial charge in [-0.3, -0.25) is 0 Å². The Morgan fingerprint density at radius 2 is 1.74 bits per heavy atom. The van der Waals surface area contributed by atoms with Crippen molar-refractivity contribution in [3.8, 4) is 0 Å². The number of hydrogen-bond donors (Lipinski definition) is 2. The van der Waals surface area contributed by atoms with Crippen molar-refractivity contribution in [2.75, 3.05) is 0 Å². The summed E-state index contributed by atoms with van der Waals surface area (Å²) in [6.45, 7) is 0. The summed E-state index contributed by atoms with van der Waals surface area (Å²) >= 11 is 13.7. The van der Waals surface area contributed by atoms with Crippen LogP contribution < -0.4 is 5.73 Å². The van der Waals surface area contributed by atoms with Crippen LogP contribution >= 0.6 is 35.0 Å². The Labute approximate surface area is 125 Å². The first kappa shape index (κ1) is 14.1. The molecule has 0 fully saturated rings. The normalized spacial score (nSPS) is 11.6. The predicted molar refractivity (Wildman–Crippen MR) is 79.5 cm³/mol. The van der Waals surface area contributed by atoms with Crippen LogP contribution in [0.15, 0.2) is 57.4 Å². The van der Waals surface area contributed by atoms with Crippen molar-refractivity contribution in [3.63, 3.8) is 0 Å². The number of rotatable bonds is 3. The molecule has 2 aromatic carbocycles. The van der Waals surface area contributed by atoms with Crippen molar-refractivity contribution < 1.29 is 5.21 Å². The highest BCUT2D eigenvalue weighted by molar-refractivity contribution is 7.99. The molecular weight excluding hydrogens is 303 g/mol. The third kappa shape index (κ3) is 3.35. The molecule has 0 spiro atoms. The molecule has 0 saturated heterocycles. The van der Waals surface area contributed by atoms with Crippen LogP contribution in [0.25, 0.3) is 0 Å². The van der Waals surface area contributed by atoms with Gasteiger partial charge in [-0.2, -0.15) is 0 Å². The number of nitrogens with zero attached hydrogens (tertiary/aromatic N) is 1. The molecule has 0 radical (unpaired) electrons. The molecule has 3 nitrogen and oxygen atoms in total. The summed E-state index contributed by atoms with van der Waals surface area (Å²) in [5.41, 5.74) is 6.07. The molecule has 0 aromatic heterocycles. The van der Waals surface area contributed by atoms with E-state index in [-0.39, 0.29) is 5.84 Å². The maximum Gasteiger partial charge on any atom is 0.170 e. The van der Waals surface area contributed by atoms with E-state index in [2.05, 4.69) is 5.16 Å². The Kier molecular flexibility index (Phi) is 4.58. The van der Waals surface area contributed by atoms with Gasteiger partial charge in [-0.05, 0) is 30.3 Å². The first-order valence-electron chi connectivity index (χ1n) is 5.31. The zero-order valence-corrected chi connectivity index (χ0v) is 12.0. The van der Waals surface area contributed by atoms with E-state index in [1.165, 1.54) is 11.8 Å². The molecule has 0 heterocycles. The molecule has 2 aromatic rings. The number of benzene rings is 2. The molecule has 0 aliphatic carbocycles. The fourth-order valence-corrected chi connectivity index (χ4v) is 2.84. The Morgan fingerprint density at radius 1 is 1.05 bits per heavy atom. The first-order valence-corrected chi connectivity index (χ1v) is 6.89. The Morgan fingerprint density at radius 3 is 2.37 bits per heavy atom. The van der Waals surface area contributed by atoms with E-state index in [1.807, 2.05) is 30.3 Å². The summed E-state index contributed by atoms with van der Waals surface area (Å²) in [4.78, 5) is 1.77. The summed E-state index contributed by atoms with van der Waals surface area (Å²) in [6, 6.07) is 12.7. The lowest BCUT2D eigenvalue weighted by Crippen LogP contribution is -2.12. The minimum atomic E-state index is 0.0243. The molecule has 6 heteroatoms. The third-order valence-electron chi connectivity index (χ3n) is 2.39. The largest absolute Gasteiger partial charge is 0.409 e. The van der Waals surface area contributed by atoms with Crippen LogP contribution in [0.3, 0.4) is 0 Å². The lowest BCUT2D eigenvalue weighted by Gasteiger charge is -2.07. The van der Waals surface area contributed by atoms with E-state index < -0.39 is 0 Å². The van der Waals surface area contributed by atoms with Gasteiger partial charge in [-0.15, -0.1) is 0 Å². The van der Waals surface area contributed by atoms with Gasteiger partial charge in [0, 0.05) is 15.4 Å². The molecule has 0 bridgehead atoms. The second-order valence-corrected chi connectivity index (χ2v) is 5.56. The van der Waals surface area contributed by atoms with Crippen LogP contribution in [0.1, 0.15) is 5.56 Å². The monoisotopic (exact) mass is 312 g/mol. The van der Waals surface area contributed by atoms with E-state index in [0.717, 1.165) is 9.79 Å². The van der Waals surface area contributed by atoms with Gasteiger partial charge in [0.05, 0.1) is 10.0 Å².